The second-order valence-electron chi connectivity index (χ2n) is 6.43. The van der Waals surface area contributed by atoms with E-state index in [4.69, 9.17) is 0 Å². The molecule has 1 fully saturated rings. The van der Waals surface area contributed by atoms with Gasteiger partial charge in [-0.2, -0.15) is 0 Å². The molecule has 2 heterocycles. The Morgan fingerprint density at radius 1 is 1.25 bits per heavy atom. The Morgan fingerprint density at radius 3 is 2.79 bits per heavy atom. The molecule has 1 aliphatic rings. The average Bonchev–Trinajstić information content (AvgIpc) is 3.10. The summed E-state index contributed by atoms with van der Waals surface area (Å²) in [5, 5.41) is 0. The number of nitrogens with zero attached hydrogens (tertiary/aromatic N) is 4. The fraction of sp³-hybridized carbons (Fsp3) is 0.421. The van der Waals surface area contributed by atoms with Crippen molar-refractivity contribution in [3.05, 3.63) is 54.0 Å². The van der Waals surface area contributed by atoms with Crippen LogP contribution in [0.5, 0.6) is 0 Å². The number of anilines is 1. The number of hydrogen-bond acceptors (Lipinski definition) is 4. The van der Waals surface area contributed by atoms with Gasteiger partial charge in [-0.3, -0.25) is 9.78 Å². The Balaban J connectivity index is 1.68. The van der Waals surface area contributed by atoms with Crippen LogP contribution in [0.1, 0.15) is 36.6 Å². The maximum atomic E-state index is 12.7. The average molecular weight is 324 g/mol. The highest BCUT2D eigenvalue weighted by Gasteiger charge is 2.31. The van der Waals surface area contributed by atoms with Crippen molar-refractivity contribution in [2.24, 2.45) is 0 Å². The zero-order chi connectivity index (χ0) is 16.9. The third-order valence-corrected chi connectivity index (χ3v) is 4.48. The predicted molar refractivity (Wildman–Crippen MR) is 94.8 cm³/mol. The summed E-state index contributed by atoms with van der Waals surface area (Å²) < 4.78 is 0. The first kappa shape index (κ1) is 16.4. The van der Waals surface area contributed by atoms with Crippen LogP contribution in [0.4, 0.5) is 5.82 Å². The SMILES string of the molecule is CN(C)c1cncc([C@@H]2CCCN2C(=O)CCc2ccccc2)n1. The zero-order valence-corrected chi connectivity index (χ0v) is 14.4. The summed E-state index contributed by atoms with van der Waals surface area (Å²) in [6.07, 6.45) is 6.85. The summed E-state index contributed by atoms with van der Waals surface area (Å²) >= 11 is 0. The lowest BCUT2D eigenvalue weighted by atomic mass is 10.1. The Kier molecular flexibility index (Phi) is 5.08. The topological polar surface area (TPSA) is 49.3 Å². The van der Waals surface area contributed by atoms with Crippen LogP contribution in [-0.2, 0) is 11.2 Å². The van der Waals surface area contributed by atoms with Crippen LogP contribution in [0, 0.1) is 0 Å². The van der Waals surface area contributed by atoms with Crippen LogP contribution in [0.3, 0.4) is 0 Å². The summed E-state index contributed by atoms with van der Waals surface area (Å²) in [6.45, 7) is 0.812. The first-order chi connectivity index (χ1) is 11.6. The minimum absolute atomic E-state index is 0.0562. The molecule has 1 amide bonds. The highest BCUT2D eigenvalue weighted by atomic mass is 16.2. The monoisotopic (exact) mass is 324 g/mol. The van der Waals surface area contributed by atoms with E-state index >= 15 is 0 Å². The molecule has 5 heteroatoms. The number of aryl methyl sites for hydroxylation is 1. The van der Waals surface area contributed by atoms with Gasteiger partial charge in [0.15, 0.2) is 0 Å². The Hall–Kier alpha value is -2.43. The maximum absolute atomic E-state index is 12.7. The lowest BCUT2D eigenvalue weighted by Crippen LogP contribution is -2.31. The molecule has 0 unspecified atom stereocenters. The highest BCUT2D eigenvalue weighted by molar-refractivity contribution is 5.77. The van der Waals surface area contributed by atoms with Crippen LogP contribution in [-0.4, -0.2) is 41.4 Å². The van der Waals surface area contributed by atoms with E-state index in [1.807, 2.05) is 42.1 Å². The molecule has 1 aromatic heterocycles. The number of amides is 1. The third kappa shape index (κ3) is 3.72. The van der Waals surface area contributed by atoms with Crippen LogP contribution in [0.25, 0.3) is 0 Å². The molecule has 24 heavy (non-hydrogen) atoms. The van der Waals surface area contributed by atoms with Crippen molar-refractivity contribution in [3.8, 4) is 0 Å². The van der Waals surface area contributed by atoms with Gasteiger partial charge in [0.1, 0.15) is 5.82 Å². The molecule has 0 bridgehead atoms. The first-order valence-electron chi connectivity index (χ1n) is 8.48. The van der Waals surface area contributed by atoms with E-state index in [0.29, 0.717) is 6.42 Å². The van der Waals surface area contributed by atoms with Gasteiger partial charge in [0.25, 0.3) is 0 Å². The van der Waals surface area contributed by atoms with E-state index in [1.165, 1.54) is 5.56 Å². The Bertz CT molecular complexity index is 687. The maximum Gasteiger partial charge on any atom is 0.223 e. The molecule has 0 radical (unpaired) electrons. The van der Waals surface area contributed by atoms with Gasteiger partial charge in [0, 0.05) is 27.1 Å². The molecule has 3 rings (SSSR count). The quantitative estimate of drug-likeness (QED) is 0.848. The van der Waals surface area contributed by atoms with Crippen molar-refractivity contribution in [3.63, 3.8) is 0 Å². The van der Waals surface area contributed by atoms with Gasteiger partial charge in [0.05, 0.1) is 24.1 Å². The number of hydrogen-bond donors (Lipinski definition) is 0. The molecule has 0 aliphatic carbocycles. The number of aromatic nitrogens is 2. The molecule has 0 spiro atoms. The van der Waals surface area contributed by atoms with E-state index < -0.39 is 0 Å². The smallest absolute Gasteiger partial charge is 0.223 e. The second kappa shape index (κ2) is 7.43. The lowest BCUT2D eigenvalue weighted by molar-refractivity contribution is -0.132. The molecule has 1 aliphatic heterocycles. The molecule has 126 valence electrons. The van der Waals surface area contributed by atoms with Crippen LogP contribution in [0.15, 0.2) is 42.7 Å². The van der Waals surface area contributed by atoms with Gasteiger partial charge >= 0.3 is 0 Å². The summed E-state index contributed by atoms with van der Waals surface area (Å²) in [6, 6.07) is 10.2. The number of likely N-dealkylation sites (tertiary alicyclic amines) is 1. The van der Waals surface area contributed by atoms with Gasteiger partial charge in [-0.1, -0.05) is 30.3 Å². The Labute approximate surface area is 143 Å². The molecule has 0 N–H and O–H groups in total. The molecular formula is C19H24N4O. The summed E-state index contributed by atoms with van der Waals surface area (Å²) in [5.74, 6) is 1.04. The minimum atomic E-state index is 0.0562. The summed E-state index contributed by atoms with van der Waals surface area (Å²) in [5.41, 5.74) is 2.10. The van der Waals surface area contributed by atoms with Crippen molar-refractivity contribution >= 4 is 11.7 Å². The lowest BCUT2D eigenvalue weighted by Gasteiger charge is -2.25. The van der Waals surface area contributed by atoms with Crippen molar-refractivity contribution in [2.45, 2.75) is 31.7 Å². The van der Waals surface area contributed by atoms with Crippen molar-refractivity contribution < 1.29 is 4.79 Å². The van der Waals surface area contributed by atoms with Crippen LogP contribution < -0.4 is 4.90 Å². The van der Waals surface area contributed by atoms with Crippen molar-refractivity contribution in [1.29, 1.82) is 0 Å². The number of carbonyl (C=O) groups is 1. The third-order valence-electron chi connectivity index (χ3n) is 4.48. The van der Waals surface area contributed by atoms with Crippen molar-refractivity contribution in [1.82, 2.24) is 14.9 Å². The van der Waals surface area contributed by atoms with Gasteiger partial charge in [0.2, 0.25) is 5.91 Å². The van der Waals surface area contributed by atoms with Gasteiger partial charge < -0.3 is 9.80 Å². The standard InChI is InChI=1S/C19H24N4O/c1-22(2)18-14-20-13-16(21-18)17-9-6-12-23(17)19(24)11-10-15-7-4-3-5-8-15/h3-5,7-8,13-14,17H,6,9-12H2,1-2H3/t17-/m0/s1. The fourth-order valence-corrected chi connectivity index (χ4v) is 3.16. The van der Waals surface area contributed by atoms with E-state index in [0.717, 1.165) is 37.3 Å². The predicted octanol–water partition coefficient (Wildman–Crippen LogP) is 2.84. The van der Waals surface area contributed by atoms with Gasteiger partial charge in [-0.15, -0.1) is 0 Å². The van der Waals surface area contributed by atoms with Gasteiger partial charge in [-0.25, -0.2) is 4.98 Å². The minimum Gasteiger partial charge on any atom is -0.361 e. The first-order valence-corrected chi connectivity index (χ1v) is 8.48. The number of carbonyl (C=O) groups excluding carboxylic acids is 1. The second-order valence-corrected chi connectivity index (χ2v) is 6.43. The molecule has 1 saturated heterocycles. The fourth-order valence-electron chi connectivity index (χ4n) is 3.16. The zero-order valence-electron chi connectivity index (χ0n) is 14.4. The largest absolute Gasteiger partial charge is 0.361 e. The summed E-state index contributed by atoms with van der Waals surface area (Å²) in [7, 11) is 3.90. The normalized spacial score (nSPS) is 17.1. The van der Waals surface area contributed by atoms with E-state index in [1.54, 1.807) is 12.4 Å². The van der Waals surface area contributed by atoms with E-state index in [-0.39, 0.29) is 11.9 Å². The number of benzene rings is 1. The molecule has 0 saturated carbocycles. The number of rotatable bonds is 5. The highest BCUT2D eigenvalue weighted by Crippen LogP contribution is 2.31. The van der Waals surface area contributed by atoms with Crippen molar-refractivity contribution in [2.75, 3.05) is 25.5 Å². The molecule has 5 nitrogen and oxygen atoms in total. The molecule has 2 aromatic rings. The van der Waals surface area contributed by atoms with Crippen LogP contribution >= 0.6 is 0 Å². The van der Waals surface area contributed by atoms with Crippen LogP contribution in [0.2, 0.25) is 0 Å². The Morgan fingerprint density at radius 2 is 2.04 bits per heavy atom. The van der Waals surface area contributed by atoms with Gasteiger partial charge in [-0.05, 0) is 24.8 Å². The summed E-state index contributed by atoms with van der Waals surface area (Å²) in [4.78, 5) is 25.6. The molecule has 1 aromatic carbocycles. The molecule has 1 atom stereocenters. The van der Waals surface area contributed by atoms with E-state index in [2.05, 4.69) is 22.1 Å². The van der Waals surface area contributed by atoms with E-state index in [9.17, 15) is 4.79 Å². The molecular weight excluding hydrogens is 300 g/mol.